The number of hydrogen-bond donors (Lipinski definition) is 2. The molecule has 1 unspecified atom stereocenters. The van der Waals surface area contributed by atoms with Gasteiger partial charge in [0.2, 0.25) is 10.0 Å². The molecule has 2 rings (SSSR count). The van der Waals surface area contributed by atoms with Crippen molar-refractivity contribution in [1.29, 1.82) is 0 Å². The summed E-state index contributed by atoms with van der Waals surface area (Å²) in [6.45, 7) is 2.56. The summed E-state index contributed by atoms with van der Waals surface area (Å²) in [4.78, 5) is 0. The fourth-order valence-corrected chi connectivity index (χ4v) is 3.65. The van der Waals surface area contributed by atoms with Crippen molar-refractivity contribution < 1.29 is 18.3 Å². The Bertz CT molecular complexity index is 521. The van der Waals surface area contributed by atoms with E-state index >= 15 is 0 Å². The van der Waals surface area contributed by atoms with Crippen LogP contribution in [-0.2, 0) is 14.8 Å². The van der Waals surface area contributed by atoms with Crippen molar-refractivity contribution in [3.8, 4) is 0 Å². The molecule has 1 fully saturated rings. The molecule has 1 atom stereocenters. The molecular formula is C13H19NO4S. The molecule has 0 amide bonds. The molecule has 1 aliphatic heterocycles. The molecule has 0 bridgehead atoms. The van der Waals surface area contributed by atoms with Crippen LogP contribution in [-0.4, -0.2) is 32.0 Å². The van der Waals surface area contributed by atoms with Gasteiger partial charge in [-0.1, -0.05) is 18.2 Å². The summed E-state index contributed by atoms with van der Waals surface area (Å²) in [5.41, 5.74) is 1.03. The molecule has 1 heterocycles. The summed E-state index contributed by atoms with van der Waals surface area (Å²) < 4.78 is 32.3. The van der Waals surface area contributed by atoms with Crippen LogP contribution < -0.4 is 4.72 Å². The van der Waals surface area contributed by atoms with E-state index in [1.165, 1.54) is 0 Å². The summed E-state index contributed by atoms with van der Waals surface area (Å²) in [7, 11) is -3.43. The Hall–Kier alpha value is -1.11. The average molecular weight is 285 g/mol. The van der Waals surface area contributed by atoms with Crippen LogP contribution >= 0.6 is 0 Å². The first-order valence-electron chi connectivity index (χ1n) is 6.37. The predicted octanol–water partition coefficient (Wildman–Crippen LogP) is 1.66. The zero-order valence-electron chi connectivity index (χ0n) is 10.9. The first-order chi connectivity index (χ1) is 9.00. The maximum Gasteiger partial charge on any atom is 0.235 e. The van der Waals surface area contributed by atoms with E-state index in [9.17, 15) is 13.5 Å². The first kappa shape index (κ1) is 14.3. The van der Waals surface area contributed by atoms with E-state index in [0.717, 1.165) is 0 Å². The molecule has 1 aromatic carbocycles. The molecule has 0 spiro atoms. The Kier molecular flexibility index (Phi) is 4.44. The molecule has 0 saturated carbocycles. The average Bonchev–Trinajstić information content (AvgIpc) is 2.39. The van der Waals surface area contributed by atoms with Gasteiger partial charge in [0.15, 0.2) is 0 Å². The molecular weight excluding hydrogens is 266 g/mol. The molecule has 0 aromatic heterocycles. The van der Waals surface area contributed by atoms with Crippen molar-refractivity contribution in [3.63, 3.8) is 0 Å². The van der Waals surface area contributed by atoms with Crippen LogP contribution in [0.15, 0.2) is 24.3 Å². The minimum absolute atomic E-state index is 0.427. The lowest BCUT2D eigenvalue weighted by molar-refractivity contribution is 0.0984. The number of anilines is 1. The van der Waals surface area contributed by atoms with E-state index in [4.69, 9.17) is 4.74 Å². The molecule has 1 aromatic rings. The fourth-order valence-electron chi connectivity index (χ4n) is 2.18. The van der Waals surface area contributed by atoms with E-state index in [2.05, 4.69) is 4.72 Å². The zero-order chi connectivity index (χ0) is 13.9. The third kappa shape index (κ3) is 3.46. The molecule has 106 valence electrons. The molecule has 1 aliphatic rings. The highest BCUT2D eigenvalue weighted by molar-refractivity contribution is 7.93. The Morgan fingerprint density at radius 2 is 1.95 bits per heavy atom. The number of aliphatic hydroxyl groups excluding tert-OH is 1. The molecule has 0 aliphatic carbocycles. The van der Waals surface area contributed by atoms with Crippen molar-refractivity contribution in [2.75, 3.05) is 17.9 Å². The number of hydrogen-bond acceptors (Lipinski definition) is 4. The summed E-state index contributed by atoms with van der Waals surface area (Å²) >= 11 is 0. The van der Waals surface area contributed by atoms with Gasteiger partial charge in [-0.05, 0) is 25.8 Å². The highest BCUT2D eigenvalue weighted by Crippen LogP contribution is 2.25. The number of sulfonamides is 1. The quantitative estimate of drug-likeness (QED) is 0.882. The van der Waals surface area contributed by atoms with Gasteiger partial charge in [0.1, 0.15) is 0 Å². The number of aliphatic hydroxyl groups is 1. The molecule has 1 saturated heterocycles. The van der Waals surface area contributed by atoms with Crippen molar-refractivity contribution in [2.24, 2.45) is 0 Å². The van der Waals surface area contributed by atoms with Crippen molar-refractivity contribution in [2.45, 2.75) is 31.1 Å². The van der Waals surface area contributed by atoms with E-state index < -0.39 is 21.4 Å². The van der Waals surface area contributed by atoms with Gasteiger partial charge in [-0.3, -0.25) is 4.72 Å². The van der Waals surface area contributed by atoms with Crippen LogP contribution in [0.1, 0.15) is 31.4 Å². The van der Waals surface area contributed by atoms with Crippen LogP contribution in [0.5, 0.6) is 0 Å². The van der Waals surface area contributed by atoms with Gasteiger partial charge >= 0.3 is 0 Å². The second-order valence-corrected chi connectivity index (χ2v) is 6.68. The monoisotopic (exact) mass is 285 g/mol. The van der Waals surface area contributed by atoms with Crippen LogP contribution in [0.3, 0.4) is 0 Å². The van der Waals surface area contributed by atoms with Gasteiger partial charge in [0.25, 0.3) is 0 Å². The topological polar surface area (TPSA) is 75.6 Å². The van der Waals surface area contributed by atoms with Crippen LogP contribution in [0, 0.1) is 0 Å². The van der Waals surface area contributed by atoms with Crippen LogP contribution in [0.25, 0.3) is 0 Å². The SMILES string of the molecule is CC(O)c1ccccc1NS(=O)(=O)C1CCOCC1. The molecule has 2 N–H and O–H groups in total. The van der Waals surface area contributed by atoms with E-state index in [-0.39, 0.29) is 0 Å². The third-order valence-corrected chi connectivity index (χ3v) is 5.12. The molecule has 19 heavy (non-hydrogen) atoms. The largest absolute Gasteiger partial charge is 0.389 e. The maximum atomic E-state index is 12.3. The lowest BCUT2D eigenvalue weighted by atomic mass is 10.1. The Morgan fingerprint density at radius 1 is 1.32 bits per heavy atom. The van der Waals surface area contributed by atoms with E-state index in [1.54, 1.807) is 31.2 Å². The van der Waals surface area contributed by atoms with Crippen molar-refractivity contribution in [1.82, 2.24) is 0 Å². The fraction of sp³-hybridized carbons (Fsp3) is 0.538. The highest BCUT2D eigenvalue weighted by atomic mass is 32.2. The number of benzene rings is 1. The summed E-state index contributed by atoms with van der Waals surface area (Å²) in [5, 5.41) is 9.23. The van der Waals surface area contributed by atoms with E-state index in [0.29, 0.717) is 37.3 Å². The Labute approximate surface area is 113 Å². The van der Waals surface area contributed by atoms with Gasteiger partial charge in [0, 0.05) is 18.8 Å². The molecule has 5 nitrogen and oxygen atoms in total. The Morgan fingerprint density at radius 3 is 2.58 bits per heavy atom. The summed E-state index contributed by atoms with van der Waals surface area (Å²) in [6.07, 6.45) is 0.298. The van der Waals surface area contributed by atoms with E-state index in [1.807, 2.05) is 0 Å². The third-order valence-electron chi connectivity index (χ3n) is 3.27. The lowest BCUT2D eigenvalue weighted by Crippen LogP contribution is -2.33. The van der Waals surface area contributed by atoms with Gasteiger partial charge < -0.3 is 9.84 Å². The number of ether oxygens (including phenoxy) is 1. The van der Waals surface area contributed by atoms with Gasteiger partial charge in [-0.2, -0.15) is 0 Å². The second kappa shape index (κ2) is 5.90. The van der Waals surface area contributed by atoms with Gasteiger partial charge in [0.05, 0.1) is 17.0 Å². The zero-order valence-corrected chi connectivity index (χ0v) is 11.7. The molecule has 0 radical (unpaired) electrons. The highest BCUT2D eigenvalue weighted by Gasteiger charge is 2.28. The first-order valence-corrected chi connectivity index (χ1v) is 7.91. The predicted molar refractivity (Wildman–Crippen MR) is 73.5 cm³/mol. The van der Waals surface area contributed by atoms with Gasteiger partial charge in [-0.25, -0.2) is 8.42 Å². The van der Waals surface area contributed by atoms with Gasteiger partial charge in [-0.15, -0.1) is 0 Å². The minimum Gasteiger partial charge on any atom is -0.389 e. The maximum absolute atomic E-state index is 12.3. The smallest absolute Gasteiger partial charge is 0.235 e. The lowest BCUT2D eigenvalue weighted by Gasteiger charge is -2.23. The van der Waals surface area contributed by atoms with Crippen LogP contribution in [0.2, 0.25) is 0 Å². The molecule has 6 heteroatoms. The second-order valence-electron chi connectivity index (χ2n) is 4.72. The van der Waals surface area contributed by atoms with Crippen molar-refractivity contribution in [3.05, 3.63) is 29.8 Å². The normalized spacial score (nSPS) is 19.1. The number of para-hydroxylation sites is 1. The standard InChI is InChI=1S/C13H19NO4S/c1-10(15)12-4-2-3-5-13(12)14-19(16,17)11-6-8-18-9-7-11/h2-5,10-11,14-15H,6-9H2,1H3. The number of rotatable bonds is 4. The summed E-state index contributed by atoms with van der Waals surface area (Å²) in [5.74, 6) is 0. The van der Waals surface area contributed by atoms with Crippen molar-refractivity contribution >= 4 is 15.7 Å². The summed E-state index contributed by atoms with van der Waals surface area (Å²) in [6, 6.07) is 6.90. The Balaban J connectivity index is 2.20. The van der Waals surface area contributed by atoms with Crippen LogP contribution in [0.4, 0.5) is 5.69 Å². The number of nitrogens with one attached hydrogen (secondary N) is 1. The minimum atomic E-state index is -3.43.